The van der Waals surface area contributed by atoms with Crippen molar-refractivity contribution in [3.63, 3.8) is 0 Å². The third kappa shape index (κ3) is 5.87. The summed E-state index contributed by atoms with van der Waals surface area (Å²) in [6.45, 7) is 0. The molecule has 10 aromatic rings. The summed E-state index contributed by atoms with van der Waals surface area (Å²) in [5, 5.41) is 3.88. The maximum atomic E-state index is 2.54. The molecule has 8 aromatic carbocycles. The second-order valence-corrected chi connectivity index (χ2v) is 18.2. The highest BCUT2D eigenvalue weighted by Crippen LogP contribution is 2.51. The second kappa shape index (κ2) is 15.0. The number of thiophene rings is 1. The molecule has 0 spiro atoms. The average Bonchev–Trinajstić information content (AvgIpc) is 4.03. The van der Waals surface area contributed by atoms with Crippen LogP contribution in [-0.2, 0) is 6.42 Å². The van der Waals surface area contributed by atoms with Gasteiger partial charge in [-0.05, 0) is 108 Å². The highest BCUT2D eigenvalue weighted by Gasteiger charge is 2.38. The van der Waals surface area contributed by atoms with Gasteiger partial charge >= 0.3 is 0 Å². The van der Waals surface area contributed by atoms with E-state index in [0.29, 0.717) is 5.92 Å². The van der Waals surface area contributed by atoms with Crippen LogP contribution in [0.5, 0.6) is 0 Å². The van der Waals surface area contributed by atoms with Crippen LogP contribution in [0, 0.1) is 0 Å². The van der Waals surface area contributed by atoms with Crippen LogP contribution in [0.2, 0.25) is 0 Å². The van der Waals surface area contributed by atoms with Gasteiger partial charge in [-0.25, -0.2) is 0 Å². The standard InChI is InChI=1S/C60H43N3S/c1-7-23-52(63-55-26-10-4-20-49(55)50-21-5-11-27-56(50)63)46(17-1)41-33-37-44(38-34-41)61(57-28-14-30-59-60(57)51-22-6-12-29-58(51)64-59)43-35-31-40(32-36-43)42-15-13-16-45(39-42)62-53-24-8-2-18-47(53)48-19-3-9-25-54(48)62/h1-8,10-24,26-39,49,55H,9,25H2. The molecule has 3 nitrogen and oxygen atoms in total. The minimum absolute atomic E-state index is 0.237. The van der Waals surface area contributed by atoms with Crippen LogP contribution in [0.3, 0.4) is 0 Å². The van der Waals surface area contributed by atoms with E-state index >= 15 is 0 Å². The van der Waals surface area contributed by atoms with Gasteiger partial charge in [-0.15, -0.1) is 11.3 Å². The minimum Gasteiger partial charge on any atom is -0.333 e. The van der Waals surface area contributed by atoms with Crippen molar-refractivity contribution in [2.24, 2.45) is 0 Å². The fourth-order valence-corrected chi connectivity index (χ4v) is 11.9. The molecule has 0 saturated carbocycles. The quantitative estimate of drug-likeness (QED) is 0.158. The Hall–Kier alpha value is -7.66. The molecule has 1 aliphatic heterocycles. The third-order valence-corrected chi connectivity index (χ3v) is 14.7. The van der Waals surface area contributed by atoms with E-state index in [1.165, 1.54) is 92.9 Å². The Morgan fingerprint density at radius 2 is 1.25 bits per heavy atom. The van der Waals surface area contributed by atoms with Gasteiger partial charge in [0.25, 0.3) is 0 Å². The Morgan fingerprint density at radius 3 is 2.12 bits per heavy atom. The molecule has 2 aliphatic carbocycles. The van der Waals surface area contributed by atoms with Gasteiger partial charge in [0, 0.05) is 76.7 Å². The maximum Gasteiger partial charge on any atom is 0.0629 e. The number of para-hydroxylation sites is 3. The molecule has 2 aromatic heterocycles. The van der Waals surface area contributed by atoms with E-state index < -0.39 is 0 Å². The Morgan fingerprint density at radius 1 is 0.547 bits per heavy atom. The fraction of sp³-hybridized carbons (Fsp3) is 0.0667. The van der Waals surface area contributed by atoms with Gasteiger partial charge in [-0.1, -0.05) is 152 Å². The molecule has 13 rings (SSSR count). The van der Waals surface area contributed by atoms with Gasteiger partial charge in [-0.3, -0.25) is 0 Å². The van der Waals surface area contributed by atoms with Crippen molar-refractivity contribution in [3.8, 4) is 27.9 Å². The average molecular weight is 838 g/mol. The van der Waals surface area contributed by atoms with Crippen molar-refractivity contribution in [2.75, 3.05) is 9.80 Å². The molecule has 0 fully saturated rings. The number of benzene rings is 8. The van der Waals surface area contributed by atoms with Crippen LogP contribution >= 0.6 is 11.3 Å². The number of allylic oxidation sites excluding steroid dienone is 3. The third-order valence-electron chi connectivity index (χ3n) is 13.6. The lowest BCUT2D eigenvalue weighted by Gasteiger charge is -2.31. The van der Waals surface area contributed by atoms with Crippen LogP contribution < -0.4 is 9.80 Å². The zero-order chi connectivity index (χ0) is 42.1. The Balaban J connectivity index is 0.906. The van der Waals surface area contributed by atoms with Crippen molar-refractivity contribution < 1.29 is 0 Å². The normalized spacial score (nSPS) is 16.1. The zero-order valence-corrected chi connectivity index (χ0v) is 36.0. The summed E-state index contributed by atoms with van der Waals surface area (Å²) in [6, 6.07) is 69.9. The first-order chi connectivity index (χ1) is 31.8. The summed E-state index contributed by atoms with van der Waals surface area (Å²) in [5.41, 5.74) is 17.3. The van der Waals surface area contributed by atoms with Crippen molar-refractivity contribution in [3.05, 3.63) is 235 Å². The Kier molecular flexibility index (Phi) is 8.66. The SMILES string of the molecule is C1=CC2c3ccccc3N(c3ccccc3-c3ccc(N(c4ccc(-c5cccc(-n6c7c(c8ccccc86)C=CCC7)c5)cc4)c4cccc5sc6ccccc6c45)cc3)C2C=C1. The van der Waals surface area contributed by atoms with Crippen LogP contribution in [0.1, 0.15) is 29.2 Å². The molecular formula is C60H43N3S. The molecule has 0 bridgehead atoms. The topological polar surface area (TPSA) is 11.4 Å². The summed E-state index contributed by atoms with van der Waals surface area (Å²) < 4.78 is 5.06. The predicted octanol–water partition coefficient (Wildman–Crippen LogP) is 16.5. The lowest BCUT2D eigenvalue weighted by Crippen LogP contribution is -2.28. The minimum atomic E-state index is 0.237. The zero-order valence-electron chi connectivity index (χ0n) is 35.2. The fourth-order valence-electron chi connectivity index (χ4n) is 10.8. The first kappa shape index (κ1) is 36.9. The Labute approximate surface area is 377 Å². The first-order valence-corrected chi connectivity index (χ1v) is 23.2. The van der Waals surface area contributed by atoms with E-state index in [1.54, 1.807) is 0 Å². The molecule has 0 saturated heterocycles. The predicted molar refractivity (Wildman–Crippen MR) is 272 cm³/mol. The van der Waals surface area contributed by atoms with E-state index in [4.69, 9.17) is 0 Å². The van der Waals surface area contributed by atoms with E-state index in [0.717, 1.165) is 24.2 Å². The summed E-state index contributed by atoms with van der Waals surface area (Å²) in [6.07, 6.45) is 15.8. The summed E-state index contributed by atoms with van der Waals surface area (Å²) >= 11 is 1.86. The van der Waals surface area contributed by atoms with E-state index in [9.17, 15) is 0 Å². The maximum absolute atomic E-state index is 2.54. The highest BCUT2D eigenvalue weighted by molar-refractivity contribution is 7.26. The van der Waals surface area contributed by atoms with Gasteiger partial charge in [0.2, 0.25) is 0 Å². The second-order valence-electron chi connectivity index (χ2n) is 17.1. The Bertz CT molecular complexity index is 3530. The van der Waals surface area contributed by atoms with Crippen LogP contribution in [-0.4, -0.2) is 10.6 Å². The molecule has 0 amide bonds. The van der Waals surface area contributed by atoms with Crippen LogP contribution in [0.15, 0.2) is 218 Å². The summed E-state index contributed by atoms with van der Waals surface area (Å²) in [4.78, 5) is 4.99. The van der Waals surface area contributed by atoms with E-state index in [-0.39, 0.29) is 6.04 Å². The summed E-state index contributed by atoms with van der Waals surface area (Å²) in [7, 11) is 0. The molecule has 64 heavy (non-hydrogen) atoms. The van der Waals surface area contributed by atoms with E-state index in [2.05, 4.69) is 239 Å². The van der Waals surface area contributed by atoms with Gasteiger partial charge < -0.3 is 14.4 Å². The number of hydrogen-bond donors (Lipinski definition) is 0. The van der Waals surface area contributed by atoms with Gasteiger partial charge in [-0.2, -0.15) is 0 Å². The van der Waals surface area contributed by atoms with Crippen molar-refractivity contribution in [2.45, 2.75) is 24.8 Å². The molecular weight excluding hydrogens is 795 g/mol. The van der Waals surface area contributed by atoms with Gasteiger partial charge in [0.15, 0.2) is 0 Å². The molecule has 2 unspecified atom stereocenters. The smallest absolute Gasteiger partial charge is 0.0629 e. The van der Waals surface area contributed by atoms with Crippen molar-refractivity contribution in [1.82, 2.24) is 4.57 Å². The highest BCUT2D eigenvalue weighted by atomic mass is 32.1. The summed E-state index contributed by atoms with van der Waals surface area (Å²) in [5.74, 6) is 0.332. The van der Waals surface area contributed by atoms with Gasteiger partial charge in [0.1, 0.15) is 0 Å². The lowest BCUT2D eigenvalue weighted by molar-refractivity contribution is 0.745. The number of nitrogens with zero attached hydrogens (tertiary/aromatic N) is 3. The van der Waals surface area contributed by atoms with Crippen molar-refractivity contribution >= 4 is 76.9 Å². The van der Waals surface area contributed by atoms with Crippen LogP contribution in [0.25, 0.3) is 65.1 Å². The largest absolute Gasteiger partial charge is 0.333 e. The number of anilines is 5. The molecule has 2 atom stereocenters. The molecule has 0 radical (unpaired) electrons. The monoisotopic (exact) mass is 837 g/mol. The molecule has 4 heteroatoms. The van der Waals surface area contributed by atoms with Crippen molar-refractivity contribution in [1.29, 1.82) is 0 Å². The molecule has 304 valence electrons. The van der Waals surface area contributed by atoms with Crippen LogP contribution in [0.4, 0.5) is 28.4 Å². The van der Waals surface area contributed by atoms with E-state index in [1.807, 2.05) is 11.3 Å². The molecule has 0 N–H and O–H groups in total. The lowest BCUT2D eigenvalue weighted by atomic mass is 9.91. The number of aromatic nitrogens is 1. The number of fused-ring (bicyclic) bond motifs is 9. The molecule has 3 aliphatic rings. The van der Waals surface area contributed by atoms with Gasteiger partial charge in [0.05, 0.1) is 17.2 Å². The number of hydrogen-bond acceptors (Lipinski definition) is 3. The molecule has 3 heterocycles. The first-order valence-electron chi connectivity index (χ1n) is 22.4. The number of rotatable bonds is 7.